The molecule has 2 atom stereocenters. The molecule has 38 heavy (non-hydrogen) atoms. The molecule has 0 radical (unpaired) electrons. The first-order valence-corrected chi connectivity index (χ1v) is 17.0. The van der Waals surface area contributed by atoms with Gasteiger partial charge in [-0.25, -0.2) is 4.68 Å². The van der Waals surface area contributed by atoms with Crippen LogP contribution in [-0.2, 0) is 6.42 Å². The molecule has 1 aromatic heterocycles. The second-order valence-corrected chi connectivity index (χ2v) is 13.0. The highest BCUT2D eigenvalue weighted by molar-refractivity contribution is 5.26. The zero-order valence-electron chi connectivity index (χ0n) is 26.8. The number of aryl methyl sites for hydroxylation is 1. The van der Waals surface area contributed by atoms with Gasteiger partial charge in [0, 0.05) is 6.20 Å². The van der Waals surface area contributed by atoms with E-state index in [0.29, 0.717) is 5.41 Å². The van der Waals surface area contributed by atoms with Gasteiger partial charge in [0.15, 0.2) is 0 Å². The van der Waals surface area contributed by atoms with Gasteiger partial charge in [-0.1, -0.05) is 156 Å². The van der Waals surface area contributed by atoms with E-state index in [1.165, 1.54) is 147 Å². The molecule has 1 heterocycles. The van der Waals surface area contributed by atoms with Gasteiger partial charge in [-0.15, -0.1) is 5.10 Å². The maximum Gasteiger partial charge on any atom is 0.0729 e. The van der Waals surface area contributed by atoms with Crippen molar-refractivity contribution < 1.29 is 0 Å². The average Bonchev–Trinajstić information content (AvgIpc) is 3.36. The topological polar surface area (TPSA) is 30.7 Å². The molecule has 3 heteroatoms. The van der Waals surface area contributed by atoms with Gasteiger partial charge in [0.05, 0.1) is 11.9 Å². The Balaban J connectivity index is 2.64. The summed E-state index contributed by atoms with van der Waals surface area (Å²) in [6, 6.07) is 0. The first-order chi connectivity index (χ1) is 18.4. The molecule has 0 bridgehead atoms. The Labute approximate surface area is 239 Å². The molecule has 3 nitrogen and oxygen atoms in total. The number of nitrogens with zero attached hydrogens (tertiary/aromatic N) is 3. The third kappa shape index (κ3) is 16.1. The summed E-state index contributed by atoms with van der Waals surface area (Å²) in [4.78, 5) is 0. The van der Waals surface area contributed by atoms with E-state index >= 15 is 0 Å². The minimum Gasteiger partial charge on any atom is -0.225 e. The van der Waals surface area contributed by atoms with Crippen molar-refractivity contribution in [2.24, 2.45) is 10.8 Å². The van der Waals surface area contributed by atoms with Crippen LogP contribution in [0, 0.1) is 10.8 Å². The molecule has 1 aromatic rings. The smallest absolute Gasteiger partial charge is 0.0729 e. The van der Waals surface area contributed by atoms with E-state index in [9.17, 15) is 0 Å². The van der Waals surface area contributed by atoms with Crippen molar-refractivity contribution >= 4 is 6.20 Å². The first-order valence-electron chi connectivity index (χ1n) is 17.0. The van der Waals surface area contributed by atoms with Gasteiger partial charge in [-0.3, -0.25) is 0 Å². The highest BCUT2D eigenvalue weighted by atomic mass is 15.4. The zero-order chi connectivity index (χ0) is 28.0. The molecule has 2 unspecified atom stereocenters. The Morgan fingerprint density at radius 1 is 0.605 bits per heavy atom. The summed E-state index contributed by atoms with van der Waals surface area (Å²) in [7, 11) is 0. The van der Waals surface area contributed by atoms with Crippen molar-refractivity contribution in [2.75, 3.05) is 0 Å². The number of hydrogen-bond donors (Lipinski definition) is 0. The Kier molecular flexibility index (Phi) is 19.9. The monoisotopic (exact) mass is 530 g/mol. The standard InChI is InChI=1S/C35H67N3/c1-7-11-15-17-22-27-34(5,25-19-13-9-3)29-23-18-24-33-32-36-37-38(33)31-30-35(6,26-20-14-10-4)28-21-16-12-8-2/h30-32H,7-29H2,1-6H3/b31-30+. The lowest BCUT2D eigenvalue weighted by molar-refractivity contribution is 0.224. The maximum absolute atomic E-state index is 4.45. The molecule has 0 aliphatic heterocycles. The van der Waals surface area contributed by atoms with Gasteiger partial charge in [0.1, 0.15) is 0 Å². The maximum atomic E-state index is 4.45. The van der Waals surface area contributed by atoms with Gasteiger partial charge in [-0.2, -0.15) is 0 Å². The van der Waals surface area contributed by atoms with Gasteiger partial charge in [0.2, 0.25) is 0 Å². The number of hydrogen-bond acceptors (Lipinski definition) is 2. The summed E-state index contributed by atoms with van der Waals surface area (Å²) >= 11 is 0. The molecule has 1 rings (SSSR count). The number of aromatic nitrogens is 3. The van der Waals surface area contributed by atoms with Crippen LogP contribution < -0.4 is 0 Å². The molecular weight excluding hydrogens is 462 g/mol. The van der Waals surface area contributed by atoms with Crippen molar-refractivity contribution in [1.29, 1.82) is 0 Å². The molecule has 0 amide bonds. The van der Waals surface area contributed by atoms with Crippen molar-refractivity contribution in [3.05, 3.63) is 18.0 Å². The van der Waals surface area contributed by atoms with Gasteiger partial charge < -0.3 is 0 Å². The van der Waals surface area contributed by atoms with Crippen LogP contribution >= 0.6 is 0 Å². The third-order valence-electron chi connectivity index (χ3n) is 8.95. The van der Waals surface area contributed by atoms with E-state index in [1.807, 2.05) is 6.20 Å². The summed E-state index contributed by atoms with van der Waals surface area (Å²) in [5, 5.41) is 8.74. The lowest BCUT2D eigenvalue weighted by atomic mass is 9.76. The lowest BCUT2D eigenvalue weighted by Crippen LogP contribution is -2.17. The minimum atomic E-state index is 0.267. The van der Waals surface area contributed by atoms with Gasteiger partial charge in [0.25, 0.3) is 0 Å². The van der Waals surface area contributed by atoms with Crippen molar-refractivity contribution in [3.63, 3.8) is 0 Å². The Hall–Kier alpha value is -1.12. The van der Waals surface area contributed by atoms with Crippen LogP contribution in [0.3, 0.4) is 0 Å². The SMILES string of the molecule is CCCCCCCC(C)(CCCCC)CCCCc1cnnn1/C=C/C(C)(CCCCC)CCCCCC. The van der Waals surface area contributed by atoms with Crippen LogP contribution in [0.15, 0.2) is 12.3 Å². The van der Waals surface area contributed by atoms with Crippen molar-refractivity contribution in [2.45, 2.75) is 189 Å². The Morgan fingerprint density at radius 2 is 1.05 bits per heavy atom. The van der Waals surface area contributed by atoms with Gasteiger partial charge in [-0.05, 0) is 55.8 Å². The Morgan fingerprint density at radius 3 is 1.66 bits per heavy atom. The minimum absolute atomic E-state index is 0.267. The fourth-order valence-corrected chi connectivity index (χ4v) is 6.04. The summed E-state index contributed by atoms with van der Waals surface area (Å²) < 4.78 is 2.07. The summed E-state index contributed by atoms with van der Waals surface area (Å²) in [6.07, 6.45) is 37.5. The van der Waals surface area contributed by atoms with Crippen molar-refractivity contribution in [1.82, 2.24) is 15.0 Å². The van der Waals surface area contributed by atoms with Crippen molar-refractivity contribution in [3.8, 4) is 0 Å². The van der Waals surface area contributed by atoms with Crippen LogP contribution in [0.1, 0.15) is 188 Å². The van der Waals surface area contributed by atoms with E-state index in [0.717, 1.165) is 6.42 Å². The van der Waals surface area contributed by atoms with Crippen LogP contribution in [-0.4, -0.2) is 15.0 Å². The second kappa shape index (κ2) is 21.7. The normalized spacial score (nSPS) is 15.2. The molecule has 0 aromatic carbocycles. The van der Waals surface area contributed by atoms with Crippen LogP contribution in [0.2, 0.25) is 0 Å². The fourth-order valence-electron chi connectivity index (χ4n) is 6.04. The lowest BCUT2D eigenvalue weighted by Gasteiger charge is -2.30. The summed E-state index contributed by atoms with van der Waals surface area (Å²) in [5.41, 5.74) is 2.07. The highest BCUT2D eigenvalue weighted by Gasteiger charge is 2.23. The number of unbranched alkanes of at least 4 members (excludes halogenated alkanes) is 12. The largest absolute Gasteiger partial charge is 0.225 e. The van der Waals surface area contributed by atoms with Gasteiger partial charge >= 0.3 is 0 Å². The molecule has 0 spiro atoms. The van der Waals surface area contributed by atoms with E-state index in [1.54, 1.807) is 0 Å². The average molecular weight is 530 g/mol. The van der Waals surface area contributed by atoms with Crippen LogP contribution in [0.5, 0.6) is 0 Å². The quantitative estimate of drug-likeness (QED) is 0.112. The fraction of sp³-hybridized carbons (Fsp3) is 0.886. The molecular formula is C35H67N3. The van der Waals surface area contributed by atoms with E-state index in [4.69, 9.17) is 0 Å². The molecule has 0 aliphatic carbocycles. The summed E-state index contributed by atoms with van der Waals surface area (Å²) in [5.74, 6) is 0. The molecule has 222 valence electrons. The third-order valence-corrected chi connectivity index (χ3v) is 8.95. The number of allylic oxidation sites excluding steroid dienone is 1. The summed E-state index contributed by atoms with van der Waals surface area (Å²) in [6.45, 7) is 14.3. The molecule has 0 saturated heterocycles. The molecule has 0 saturated carbocycles. The Bertz CT molecular complexity index is 693. The predicted molar refractivity (Wildman–Crippen MR) is 170 cm³/mol. The second-order valence-electron chi connectivity index (χ2n) is 13.0. The van der Waals surface area contributed by atoms with E-state index in [2.05, 4.69) is 68.8 Å². The van der Waals surface area contributed by atoms with E-state index in [-0.39, 0.29) is 5.41 Å². The van der Waals surface area contributed by atoms with E-state index < -0.39 is 0 Å². The predicted octanol–water partition coefficient (Wildman–Crippen LogP) is 12.0. The van der Waals surface area contributed by atoms with Crippen LogP contribution in [0.25, 0.3) is 6.20 Å². The molecule has 0 fully saturated rings. The zero-order valence-corrected chi connectivity index (χ0v) is 26.8. The number of rotatable bonds is 26. The first kappa shape index (κ1) is 34.9. The highest BCUT2D eigenvalue weighted by Crippen LogP contribution is 2.37. The molecule has 0 N–H and O–H groups in total. The molecule has 0 aliphatic rings. The van der Waals surface area contributed by atoms with Crippen LogP contribution in [0.4, 0.5) is 0 Å².